The van der Waals surface area contributed by atoms with E-state index in [9.17, 15) is 8.42 Å². The predicted molar refractivity (Wildman–Crippen MR) is 75.0 cm³/mol. The number of hydrogen-bond acceptors (Lipinski definition) is 5. The van der Waals surface area contributed by atoms with Crippen LogP contribution in [0.3, 0.4) is 0 Å². The zero-order valence-corrected chi connectivity index (χ0v) is 12.1. The molecule has 0 amide bonds. The highest BCUT2D eigenvalue weighted by atomic mass is 32.2. The minimum absolute atomic E-state index is 0.0400. The van der Waals surface area contributed by atoms with E-state index in [0.717, 1.165) is 4.31 Å². The number of hydrogen-bond donors (Lipinski definition) is 2. The molecular weight excluding hydrogens is 282 g/mol. The summed E-state index contributed by atoms with van der Waals surface area (Å²) in [5.41, 5.74) is 0.465. The average molecular weight is 301 g/mol. The molecule has 7 heteroatoms. The van der Waals surface area contributed by atoms with E-state index >= 15 is 0 Å². The third-order valence-electron chi connectivity index (χ3n) is 2.71. The van der Waals surface area contributed by atoms with Gasteiger partial charge in [0.25, 0.3) is 0 Å². The average Bonchev–Trinajstić information content (AvgIpc) is 2.46. The molecular formula is C13H19NO5S. The largest absolute Gasteiger partial charge is 0.495 e. The highest BCUT2D eigenvalue weighted by Crippen LogP contribution is 2.27. The van der Waals surface area contributed by atoms with Crippen LogP contribution in [0.15, 0.2) is 35.7 Å². The summed E-state index contributed by atoms with van der Waals surface area (Å²) in [6, 6.07) is 4.44. The zero-order chi connectivity index (χ0) is 15.2. The van der Waals surface area contributed by atoms with Crippen molar-refractivity contribution in [2.45, 2.75) is 11.5 Å². The lowest BCUT2D eigenvalue weighted by Gasteiger charge is -2.21. The molecule has 0 heterocycles. The first-order valence-corrected chi connectivity index (χ1v) is 7.45. The second kappa shape index (κ2) is 7.39. The first-order chi connectivity index (χ1) is 9.51. The third-order valence-corrected chi connectivity index (χ3v) is 4.60. The molecule has 0 aromatic heterocycles. The summed E-state index contributed by atoms with van der Waals surface area (Å²) in [6.45, 7) is 2.98. The molecule has 0 atom stereocenters. The summed E-state index contributed by atoms with van der Waals surface area (Å²) in [5, 5.41) is 18.1. The van der Waals surface area contributed by atoms with E-state index in [0.29, 0.717) is 5.56 Å². The SMILES string of the molecule is C=CCN(CCO)S(=O)(=O)c1cc(CO)ccc1OC. The Bertz CT molecular complexity index is 556. The van der Waals surface area contributed by atoms with E-state index in [1.54, 1.807) is 6.07 Å². The second-order valence-corrected chi connectivity index (χ2v) is 5.93. The van der Waals surface area contributed by atoms with Gasteiger partial charge in [-0.25, -0.2) is 8.42 Å². The Morgan fingerprint density at radius 3 is 2.60 bits per heavy atom. The molecule has 20 heavy (non-hydrogen) atoms. The van der Waals surface area contributed by atoms with Gasteiger partial charge in [0.2, 0.25) is 10.0 Å². The van der Waals surface area contributed by atoms with Crippen LogP contribution in [0.5, 0.6) is 5.75 Å². The molecule has 1 aromatic carbocycles. The topological polar surface area (TPSA) is 87.1 Å². The molecule has 112 valence electrons. The summed E-state index contributed by atoms with van der Waals surface area (Å²) in [5.74, 6) is 0.189. The number of nitrogens with zero attached hydrogens (tertiary/aromatic N) is 1. The third kappa shape index (κ3) is 3.57. The van der Waals surface area contributed by atoms with E-state index in [1.807, 2.05) is 0 Å². The van der Waals surface area contributed by atoms with Crippen molar-refractivity contribution >= 4 is 10.0 Å². The molecule has 2 N–H and O–H groups in total. The maximum Gasteiger partial charge on any atom is 0.247 e. The number of ether oxygens (including phenoxy) is 1. The summed E-state index contributed by atoms with van der Waals surface area (Å²) >= 11 is 0. The molecule has 0 radical (unpaired) electrons. The Kier molecular flexibility index (Phi) is 6.15. The van der Waals surface area contributed by atoms with Gasteiger partial charge in [0.15, 0.2) is 0 Å². The van der Waals surface area contributed by atoms with E-state index < -0.39 is 10.0 Å². The van der Waals surface area contributed by atoms with Gasteiger partial charge in [-0.15, -0.1) is 6.58 Å². The number of rotatable bonds is 8. The Balaban J connectivity index is 3.34. The molecule has 1 aromatic rings. The van der Waals surface area contributed by atoms with Crippen molar-refractivity contribution in [3.8, 4) is 5.75 Å². The fourth-order valence-corrected chi connectivity index (χ4v) is 3.33. The van der Waals surface area contributed by atoms with Gasteiger partial charge < -0.3 is 14.9 Å². The number of aliphatic hydroxyl groups excluding tert-OH is 2. The number of methoxy groups -OCH3 is 1. The van der Waals surface area contributed by atoms with E-state index in [-0.39, 0.29) is 36.9 Å². The van der Waals surface area contributed by atoms with Crippen molar-refractivity contribution in [3.63, 3.8) is 0 Å². The first kappa shape index (κ1) is 16.6. The van der Waals surface area contributed by atoms with Gasteiger partial charge in [0.1, 0.15) is 10.6 Å². The zero-order valence-electron chi connectivity index (χ0n) is 11.3. The Hall–Kier alpha value is -1.41. The van der Waals surface area contributed by atoms with Crippen molar-refractivity contribution in [3.05, 3.63) is 36.4 Å². The van der Waals surface area contributed by atoms with E-state index in [2.05, 4.69) is 6.58 Å². The molecule has 0 saturated carbocycles. The van der Waals surface area contributed by atoms with Gasteiger partial charge in [0, 0.05) is 13.1 Å². The van der Waals surface area contributed by atoms with Crippen molar-refractivity contribution < 1.29 is 23.4 Å². The lowest BCUT2D eigenvalue weighted by molar-refractivity contribution is 0.259. The van der Waals surface area contributed by atoms with Crippen molar-refractivity contribution in [2.24, 2.45) is 0 Å². The second-order valence-electron chi connectivity index (χ2n) is 4.02. The summed E-state index contributed by atoms with van der Waals surface area (Å²) in [7, 11) is -2.46. The maximum absolute atomic E-state index is 12.6. The van der Waals surface area contributed by atoms with Crippen molar-refractivity contribution in [1.82, 2.24) is 4.31 Å². The summed E-state index contributed by atoms with van der Waals surface area (Å²) in [6.07, 6.45) is 1.44. The maximum atomic E-state index is 12.6. The van der Waals surface area contributed by atoms with E-state index in [1.165, 1.54) is 25.3 Å². The lowest BCUT2D eigenvalue weighted by atomic mass is 10.2. The molecule has 0 unspecified atom stereocenters. The molecule has 0 aliphatic carbocycles. The Morgan fingerprint density at radius 1 is 1.40 bits per heavy atom. The highest BCUT2D eigenvalue weighted by Gasteiger charge is 2.26. The molecule has 6 nitrogen and oxygen atoms in total. The van der Waals surface area contributed by atoms with Crippen LogP contribution < -0.4 is 4.74 Å². The van der Waals surface area contributed by atoms with Gasteiger partial charge >= 0.3 is 0 Å². The molecule has 0 aliphatic rings. The minimum atomic E-state index is -3.83. The Morgan fingerprint density at radius 2 is 2.10 bits per heavy atom. The smallest absolute Gasteiger partial charge is 0.247 e. The monoisotopic (exact) mass is 301 g/mol. The summed E-state index contributed by atoms with van der Waals surface area (Å²) < 4.78 is 31.3. The van der Waals surface area contributed by atoms with Crippen LogP contribution in [0, 0.1) is 0 Å². The predicted octanol–water partition coefficient (Wildman–Crippen LogP) is 0.356. The van der Waals surface area contributed by atoms with Crippen molar-refractivity contribution in [1.29, 1.82) is 0 Å². The van der Waals surface area contributed by atoms with Crippen LogP contribution in [0.4, 0.5) is 0 Å². The molecule has 1 rings (SSSR count). The molecule has 0 aliphatic heterocycles. The fourth-order valence-electron chi connectivity index (χ4n) is 1.73. The van der Waals surface area contributed by atoms with E-state index in [4.69, 9.17) is 14.9 Å². The molecule has 0 bridgehead atoms. The van der Waals surface area contributed by atoms with Gasteiger partial charge in [-0.3, -0.25) is 0 Å². The standard InChI is InChI=1S/C13H19NO5S/c1-3-6-14(7-8-15)20(17,18)13-9-11(10-16)4-5-12(13)19-2/h3-5,9,15-16H,1,6-8,10H2,2H3. The van der Waals surface area contributed by atoms with Crippen LogP contribution >= 0.6 is 0 Å². The lowest BCUT2D eigenvalue weighted by Crippen LogP contribution is -2.34. The highest BCUT2D eigenvalue weighted by molar-refractivity contribution is 7.89. The first-order valence-electron chi connectivity index (χ1n) is 6.01. The molecule has 0 fully saturated rings. The Labute approximate surface area is 119 Å². The van der Waals surface area contributed by atoms with Gasteiger partial charge in [0.05, 0.1) is 20.3 Å². The fraction of sp³-hybridized carbons (Fsp3) is 0.385. The quantitative estimate of drug-likeness (QED) is 0.677. The van der Waals surface area contributed by atoms with Crippen LogP contribution in [0.25, 0.3) is 0 Å². The van der Waals surface area contributed by atoms with Gasteiger partial charge in [-0.1, -0.05) is 12.1 Å². The van der Waals surface area contributed by atoms with Crippen LogP contribution in [-0.4, -0.2) is 49.7 Å². The molecule has 0 spiro atoms. The number of aliphatic hydroxyl groups is 2. The number of sulfonamides is 1. The van der Waals surface area contributed by atoms with Gasteiger partial charge in [-0.05, 0) is 17.7 Å². The van der Waals surface area contributed by atoms with Gasteiger partial charge in [-0.2, -0.15) is 4.31 Å². The van der Waals surface area contributed by atoms with Crippen LogP contribution in [0.2, 0.25) is 0 Å². The van der Waals surface area contributed by atoms with Crippen molar-refractivity contribution in [2.75, 3.05) is 26.8 Å². The van der Waals surface area contributed by atoms with Crippen LogP contribution in [-0.2, 0) is 16.6 Å². The molecule has 0 saturated heterocycles. The van der Waals surface area contributed by atoms with Crippen LogP contribution in [0.1, 0.15) is 5.56 Å². The summed E-state index contributed by atoms with van der Waals surface area (Å²) in [4.78, 5) is -0.0400. The minimum Gasteiger partial charge on any atom is -0.495 e. The number of benzene rings is 1. The normalized spacial score (nSPS) is 11.6.